The summed E-state index contributed by atoms with van der Waals surface area (Å²) in [5, 5.41) is 29.9. The molecular formula is C27H40O4S. The predicted molar refractivity (Wildman–Crippen MR) is 134 cm³/mol. The van der Waals surface area contributed by atoms with E-state index in [2.05, 4.69) is 31.2 Å². The van der Waals surface area contributed by atoms with E-state index in [0.29, 0.717) is 12.8 Å². The minimum atomic E-state index is -0.731. The van der Waals surface area contributed by atoms with Gasteiger partial charge in [-0.25, -0.2) is 0 Å². The molecule has 0 unspecified atom stereocenters. The monoisotopic (exact) mass is 460 g/mol. The first-order valence-electron chi connectivity index (χ1n) is 12.2. The highest BCUT2D eigenvalue weighted by Gasteiger charge is 2.31. The van der Waals surface area contributed by atoms with Crippen LogP contribution in [0.5, 0.6) is 0 Å². The highest BCUT2D eigenvalue weighted by molar-refractivity contribution is 8.03. The molecule has 5 heteroatoms. The van der Waals surface area contributed by atoms with Crippen LogP contribution >= 0.6 is 11.8 Å². The lowest BCUT2D eigenvalue weighted by molar-refractivity contribution is -0.137. The molecule has 0 radical (unpaired) electrons. The minimum absolute atomic E-state index is 0.0504. The summed E-state index contributed by atoms with van der Waals surface area (Å²) in [7, 11) is 0. The number of carboxylic acids is 1. The van der Waals surface area contributed by atoms with Gasteiger partial charge in [-0.15, -0.1) is 11.8 Å². The zero-order chi connectivity index (χ0) is 23.2. The van der Waals surface area contributed by atoms with E-state index in [1.54, 1.807) is 0 Å². The third-order valence-corrected chi connectivity index (χ3v) is 7.38. The van der Waals surface area contributed by atoms with E-state index in [1.165, 1.54) is 16.0 Å². The van der Waals surface area contributed by atoms with Gasteiger partial charge in [0.05, 0.1) is 12.2 Å². The number of hydrogen-bond donors (Lipinski definition) is 3. The largest absolute Gasteiger partial charge is 0.481 e. The van der Waals surface area contributed by atoms with Crippen molar-refractivity contribution < 1.29 is 20.1 Å². The molecule has 4 nitrogen and oxygen atoms in total. The maximum absolute atomic E-state index is 10.8. The molecule has 3 atom stereocenters. The predicted octanol–water partition coefficient (Wildman–Crippen LogP) is 6.13. The van der Waals surface area contributed by atoms with Crippen LogP contribution in [0.1, 0.15) is 76.7 Å². The van der Waals surface area contributed by atoms with Gasteiger partial charge in [0.2, 0.25) is 0 Å². The number of aryl methyl sites for hydroxylation is 1. The molecule has 32 heavy (non-hydrogen) atoms. The van der Waals surface area contributed by atoms with Crippen molar-refractivity contribution in [3.05, 3.63) is 58.5 Å². The van der Waals surface area contributed by atoms with Gasteiger partial charge in [0.15, 0.2) is 0 Å². The zero-order valence-corrected chi connectivity index (χ0v) is 20.2. The Bertz CT molecular complexity index is 728. The topological polar surface area (TPSA) is 77.8 Å². The molecule has 0 spiro atoms. The van der Waals surface area contributed by atoms with Crippen molar-refractivity contribution in [1.82, 2.24) is 0 Å². The number of carboxylic acid groups (broad SMARTS) is 1. The van der Waals surface area contributed by atoms with Gasteiger partial charge in [-0.05, 0) is 54.7 Å². The molecule has 0 aromatic heterocycles. The Balaban J connectivity index is 2.00. The van der Waals surface area contributed by atoms with Gasteiger partial charge in [0.1, 0.15) is 0 Å². The normalized spacial score (nSPS) is 19.7. The third kappa shape index (κ3) is 9.93. The summed E-state index contributed by atoms with van der Waals surface area (Å²) in [4.78, 5) is 11.9. The molecule has 0 fully saturated rings. The van der Waals surface area contributed by atoms with Crippen LogP contribution in [0.25, 0.3) is 0 Å². The highest BCUT2D eigenvalue weighted by atomic mass is 32.2. The number of thioether (sulfide) groups is 1. The van der Waals surface area contributed by atoms with Crippen molar-refractivity contribution in [3.63, 3.8) is 0 Å². The Hall–Kier alpha value is -1.56. The van der Waals surface area contributed by atoms with Crippen LogP contribution < -0.4 is 0 Å². The van der Waals surface area contributed by atoms with Crippen molar-refractivity contribution in [1.29, 1.82) is 0 Å². The molecule has 0 heterocycles. The van der Waals surface area contributed by atoms with Crippen LogP contribution in [0.15, 0.2) is 53.0 Å². The molecule has 1 aromatic rings. The van der Waals surface area contributed by atoms with Gasteiger partial charge in [0, 0.05) is 12.3 Å². The Morgan fingerprint density at radius 3 is 2.62 bits per heavy atom. The number of rotatable bonds is 16. The van der Waals surface area contributed by atoms with Crippen molar-refractivity contribution in [2.45, 2.75) is 89.8 Å². The molecule has 0 aliphatic heterocycles. The second kappa shape index (κ2) is 15.3. The summed E-state index contributed by atoms with van der Waals surface area (Å²) in [6.07, 6.45) is 12.5. The first kappa shape index (κ1) is 26.7. The zero-order valence-electron chi connectivity index (χ0n) is 19.4. The number of aliphatic hydroxyl groups excluding tert-OH is 2. The second-order valence-electron chi connectivity index (χ2n) is 8.75. The Labute approximate surface area is 197 Å². The van der Waals surface area contributed by atoms with Gasteiger partial charge in [-0.3, -0.25) is 4.79 Å². The molecule has 178 valence electrons. The highest BCUT2D eigenvalue weighted by Crippen LogP contribution is 2.42. The summed E-state index contributed by atoms with van der Waals surface area (Å²) in [5.74, 6) is 0.149. The van der Waals surface area contributed by atoms with E-state index in [0.717, 1.165) is 57.1 Å². The van der Waals surface area contributed by atoms with Gasteiger partial charge in [-0.1, -0.05) is 80.7 Å². The van der Waals surface area contributed by atoms with E-state index >= 15 is 0 Å². The van der Waals surface area contributed by atoms with Gasteiger partial charge in [0.25, 0.3) is 0 Å². The molecule has 1 aliphatic rings. The number of hydrogen-bond acceptors (Lipinski definition) is 4. The maximum Gasteiger partial charge on any atom is 0.303 e. The summed E-state index contributed by atoms with van der Waals surface area (Å²) in [6.45, 7) is 2.16. The number of aliphatic carboxylic acids is 1. The summed E-state index contributed by atoms with van der Waals surface area (Å²) >= 11 is 1.81. The summed E-state index contributed by atoms with van der Waals surface area (Å²) in [6, 6.07) is 10.4. The van der Waals surface area contributed by atoms with Crippen LogP contribution in [0.2, 0.25) is 0 Å². The Kier molecular flexibility index (Phi) is 12.8. The van der Waals surface area contributed by atoms with Crippen molar-refractivity contribution >= 4 is 17.7 Å². The molecular weight excluding hydrogens is 420 g/mol. The Morgan fingerprint density at radius 2 is 1.91 bits per heavy atom. The third-order valence-electron chi connectivity index (χ3n) is 6.02. The van der Waals surface area contributed by atoms with E-state index in [4.69, 9.17) is 5.11 Å². The number of unbranched alkanes of at least 4 members (excludes halogenated alkanes) is 4. The van der Waals surface area contributed by atoms with Crippen LogP contribution in [0, 0.1) is 5.92 Å². The van der Waals surface area contributed by atoms with Crippen LogP contribution in [-0.4, -0.2) is 39.2 Å². The van der Waals surface area contributed by atoms with E-state index in [-0.39, 0.29) is 12.3 Å². The standard InChI is InChI=1S/C27H40O4S/c1-2-3-6-13-23(28)17-18-24-25(29)20-22(16-15-21-11-7-4-8-12-21)27(24)32-19-10-5-9-14-26(30)31/h4,7-8,11-12,17-18,23-25,28-29H,2-3,5-6,9-10,13-16,19-20H2,1H3,(H,30,31)/b18-17+/t23-,24-,25+/m0/s1. The lowest BCUT2D eigenvalue weighted by Gasteiger charge is -2.16. The number of aliphatic hydroxyl groups is 2. The van der Waals surface area contributed by atoms with Crippen LogP contribution in [0.3, 0.4) is 0 Å². The second-order valence-corrected chi connectivity index (χ2v) is 9.89. The first-order chi connectivity index (χ1) is 15.5. The van der Waals surface area contributed by atoms with E-state index < -0.39 is 18.2 Å². The first-order valence-corrected chi connectivity index (χ1v) is 13.1. The molecule has 1 aromatic carbocycles. The van der Waals surface area contributed by atoms with E-state index in [9.17, 15) is 15.0 Å². The average Bonchev–Trinajstić information content (AvgIpc) is 3.08. The number of benzene rings is 1. The average molecular weight is 461 g/mol. The molecule has 0 bridgehead atoms. The SMILES string of the molecule is CCCCC[C@H](O)/C=C/[C@@H]1C(SCCCCCC(=O)O)=C(CCc2ccccc2)C[C@H]1O. The summed E-state index contributed by atoms with van der Waals surface area (Å²) in [5.41, 5.74) is 2.63. The summed E-state index contributed by atoms with van der Waals surface area (Å²) < 4.78 is 0. The van der Waals surface area contributed by atoms with Crippen molar-refractivity contribution in [2.24, 2.45) is 5.92 Å². The fraction of sp³-hybridized carbons (Fsp3) is 0.593. The molecule has 0 saturated heterocycles. The van der Waals surface area contributed by atoms with Crippen molar-refractivity contribution in [2.75, 3.05) is 5.75 Å². The minimum Gasteiger partial charge on any atom is -0.481 e. The lowest BCUT2D eigenvalue weighted by Crippen LogP contribution is -2.14. The lowest BCUT2D eigenvalue weighted by atomic mass is 10.0. The molecule has 1 aliphatic carbocycles. The van der Waals surface area contributed by atoms with Crippen molar-refractivity contribution in [3.8, 4) is 0 Å². The van der Waals surface area contributed by atoms with E-state index in [1.807, 2.05) is 30.0 Å². The molecule has 0 saturated carbocycles. The number of carbonyl (C=O) groups is 1. The molecule has 0 amide bonds. The van der Waals surface area contributed by atoms with Crippen LogP contribution in [0.4, 0.5) is 0 Å². The van der Waals surface area contributed by atoms with Gasteiger partial charge >= 0.3 is 5.97 Å². The maximum atomic E-state index is 10.8. The molecule has 3 N–H and O–H groups in total. The fourth-order valence-electron chi connectivity index (χ4n) is 4.15. The fourth-order valence-corrected chi connectivity index (χ4v) is 5.54. The quantitative estimate of drug-likeness (QED) is 0.204. The van der Waals surface area contributed by atoms with Crippen LogP contribution in [-0.2, 0) is 11.2 Å². The van der Waals surface area contributed by atoms with Gasteiger partial charge in [-0.2, -0.15) is 0 Å². The Morgan fingerprint density at radius 1 is 1.12 bits per heavy atom. The molecule has 2 rings (SSSR count). The smallest absolute Gasteiger partial charge is 0.303 e. The van der Waals surface area contributed by atoms with Gasteiger partial charge < -0.3 is 15.3 Å².